The number of fused-ring (bicyclic) bond motifs is 1. The van der Waals surface area contributed by atoms with Crippen LogP contribution >= 0.6 is 0 Å². The van der Waals surface area contributed by atoms with Crippen molar-refractivity contribution in [3.63, 3.8) is 0 Å². The highest BCUT2D eigenvalue weighted by Gasteiger charge is 2.59. The molecule has 4 atom stereocenters. The van der Waals surface area contributed by atoms with Crippen LogP contribution in [0.2, 0.25) is 0 Å². The molecule has 0 spiro atoms. The number of hydrogen-bond donors (Lipinski definition) is 2. The van der Waals surface area contributed by atoms with Gasteiger partial charge < -0.3 is 14.9 Å². The topological polar surface area (TPSA) is 74.0 Å². The van der Waals surface area contributed by atoms with E-state index in [2.05, 4.69) is 66.1 Å². The lowest BCUT2D eigenvalue weighted by Gasteiger charge is -2.58. The van der Waals surface area contributed by atoms with Crippen molar-refractivity contribution in [2.75, 3.05) is 32.8 Å². The Hall–Kier alpha value is -2.71. The van der Waals surface area contributed by atoms with Gasteiger partial charge in [0, 0.05) is 30.7 Å². The molecule has 226 valence electrons. The molecule has 7 heteroatoms. The largest absolute Gasteiger partial charge is 0.508 e. The number of likely N-dealkylation sites (tertiary alicyclic amines) is 2. The zero-order valence-electron chi connectivity index (χ0n) is 25.6. The fourth-order valence-electron chi connectivity index (χ4n) is 7.81. The first-order valence-electron chi connectivity index (χ1n) is 15.9. The number of phenols is 1. The molecule has 7 nitrogen and oxygen atoms in total. The van der Waals surface area contributed by atoms with Crippen LogP contribution in [-0.4, -0.2) is 80.3 Å². The summed E-state index contributed by atoms with van der Waals surface area (Å²) in [6.07, 6.45) is 9.04. The van der Waals surface area contributed by atoms with Crippen molar-refractivity contribution in [3.8, 4) is 5.75 Å². The molecule has 6 rings (SSSR count). The first kappa shape index (κ1) is 29.4. The van der Waals surface area contributed by atoms with Gasteiger partial charge in [0.15, 0.2) is 0 Å². The third-order valence-electron chi connectivity index (χ3n) is 10.5. The summed E-state index contributed by atoms with van der Waals surface area (Å²) in [5, 5.41) is 28.2. The molecule has 0 radical (unpaired) electrons. The van der Waals surface area contributed by atoms with Gasteiger partial charge in [-0.25, -0.2) is 0 Å². The standard InChI is InChI=1S/C35H48N4O3/c1-26-20-36-39(21-26)23-31(25-42-24-30-7-5-4-6-8-30)37-16-13-34(33-19-32(40)12-9-27(33)2)14-17-38(22-29-10-11-29)28(3)35(34,41)15-18-37/h4-9,12,19-21,28-29,31,40-41H,10-11,13-18,22-25H2,1-3H3/t28?,31-,34?,35?/m1/s1. The zero-order chi connectivity index (χ0) is 29.3. The number of phenolic OH excluding ortho intramolecular Hbond substituents is 1. The van der Waals surface area contributed by atoms with Gasteiger partial charge in [-0.05, 0) is 106 Å². The van der Waals surface area contributed by atoms with Crippen molar-refractivity contribution >= 4 is 0 Å². The molecule has 2 N–H and O–H groups in total. The van der Waals surface area contributed by atoms with Crippen molar-refractivity contribution in [3.05, 3.63) is 83.2 Å². The van der Waals surface area contributed by atoms with Crippen molar-refractivity contribution in [2.45, 2.75) is 89.1 Å². The summed E-state index contributed by atoms with van der Waals surface area (Å²) in [7, 11) is 0. The lowest BCUT2D eigenvalue weighted by Crippen LogP contribution is -2.68. The lowest BCUT2D eigenvalue weighted by molar-refractivity contribution is -0.136. The van der Waals surface area contributed by atoms with E-state index in [-0.39, 0.29) is 17.8 Å². The normalized spacial score (nSPS) is 27.9. The molecule has 42 heavy (non-hydrogen) atoms. The number of aliphatic hydroxyl groups is 1. The van der Waals surface area contributed by atoms with Gasteiger partial charge >= 0.3 is 0 Å². The summed E-state index contributed by atoms with van der Waals surface area (Å²) >= 11 is 0. The maximum Gasteiger partial charge on any atom is 0.115 e. The Kier molecular flexibility index (Phi) is 8.47. The molecule has 0 amide bonds. The number of aromatic hydroxyl groups is 1. The Morgan fingerprint density at radius 3 is 2.52 bits per heavy atom. The van der Waals surface area contributed by atoms with Crippen LogP contribution in [0.15, 0.2) is 60.9 Å². The highest BCUT2D eigenvalue weighted by molar-refractivity contribution is 5.43. The Labute approximate surface area is 251 Å². The monoisotopic (exact) mass is 572 g/mol. The highest BCUT2D eigenvalue weighted by Crippen LogP contribution is 2.53. The molecule has 2 aromatic carbocycles. The molecule has 1 saturated carbocycles. The van der Waals surface area contributed by atoms with Gasteiger partial charge in [-0.1, -0.05) is 36.4 Å². The van der Waals surface area contributed by atoms with Gasteiger partial charge in [0.05, 0.1) is 37.6 Å². The number of nitrogens with zero attached hydrogens (tertiary/aromatic N) is 4. The van der Waals surface area contributed by atoms with Crippen LogP contribution in [-0.2, 0) is 23.3 Å². The molecule has 3 fully saturated rings. The number of piperidine rings is 1. The van der Waals surface area contributed by atoms with Gasteiger partial charge in [-0.2, -0.15) is 5.10 Å². The number of aromatic nitrogens is 2. The van der Waals surface area contributed by atoms with Crippen molar-refractivity contribution in [1.82, 2.24) is 19.6 Å². The average Bonchev–Trinajstić information content (AvgIpc) is 3.74. The van der Waals surface area contributed by atoms with E-state index in [1.165, 1.54) is 18.4 Å². The quantitative estimate of drug-likeness (QED) is 0.354. The first-order valence-corrected chi connectivity index (χ1v) is 15.9. The molecule has 3 aliphatic rings. The van der Waals surface area contributed by atoms with Gasteiger partial charge in [0.25, 0.3) is 0 Å². The van der Waals surface area contributed by atoms with E-state index >= 15 is 0 Å². The Balaban J connectivity index is 1.29. The Morgan fingerprint density at radius 2 is 1.79 bits per heavy atom. The van der Waals surface area contributed by atoms with Gasteiger partial charge in [0.1, 0.15) is 5.75 Å². The molecule has 2 saturated heterocycles. The summed E-state index contributed by atoms with van der Waals surface area (Å²) in [5.74, 6) is 1.06. The van der Waals surface area contributed by atoms with Crippen LogP contribution in [0, 0.1) is 19.8 Å². The summed E-state index contributed by atoms with van der Waals surface area (Å²) in [5.41, 5.74) is 3.25. The van der Waals surface area contributed by atoms with Gasteiger partial charge in [-0.3, -0.25) is 14.5 Å². The van der Waals surface area contributed by atoms with E-state index in [0.29, 0.717) is 19.6 Å². The molecule has 3 unspecified atom stereocenters. The summed E-state index contributed by atoms with van der Waals surface area (Å²) in [6.45, 7) is 12.1. The average molecular weight is 573 g/mol. The molecular weight excluding hydrogens is 524 g/mol. The third-order valence-corrected chi connectivity index (χ3v) is 10.5. The van der Waals surface area contributed by atoms with E-state index in [4.69, 9.17) is 4.74 Å². The minimum atomic E-state index is -0.912. The smallest absolute Gasteiger partial charge is 0.115 e. The maximum atomic E-state index is 13.0. The molecule has 0 bridgehead atoms. The van der Waals surface area contributed by atoms with E-state index < -0.39 is 11.0 Å². The second-order valence-corrected chi connectivity index (χ2v) is 13.3. The van der Waals surface area contributed by atoms with E-state index in [1.807, 2.05) is 29.1 Å². The lowest BCUT2D eigenvalue weighted by atomic mass is 9.57. The molecular formula is C35H48N4O3. The zero-order valence-corrected chi connectivity index (χ0v) is 25.6. The molecule has 3 heterocycles. The molecule has 1 aromatic heterocycles. The van der Waals surface area contributed by atoms with Crippen LogP contribution in [0.3, 0.4) is 0 Å². The predicted octanol–water partition coefficient (Wildman–Crippen LogP) is 5.06. The van der Waals surface area contributed by atoms with E-state index in [9.17, 15) is 10.2 Å². The molecule has 3 aromatic rings. The maximum absolute atomic E-state index is 13.0. The first-order chi connectivity index (χ1) is 20.3. The molecule has 1 aliphatic carbocycles. The fourth-order valence-corrected chi connectivity index (χ4v) is 7.81. The van der Waals surface area contributed by atoms with E-state index in [1.54, 1.807) is 6.07 Å². The number of aryl methyl sites for hydroxylation is 2. The second kappa shape index (κ2) is 12.1. The van der Waals surface area contributed by atoms with Crippen LogP contribution in [0.4, 0.5) is 0 Å². The number of benzene rings is 2. The van der Waals surface area contributed by atoms with Gasteiger partial charge in [-0.15, -0.1) is 0 Å². The SMILES string of the molecule is Cc1cnn(C[C@H](COCc2ccccc2)N2CCC3(c4cc(O)ccc4C)CCN(CC4CC4)C(C)C3(O)CC2)c1. The van der Waals surface area contributed by atoms with E-state index in [0.717, 1.165) is 68.2 Å². The van der Waals surface area contributed by atoms with Crippen LogP contribution in [0.1, 0.15) is 61.3 Å². The van der Waals surface area contributed by atoms with Crippen molar-refractivity contribution in [2.24, 2.45) is 5.92 Å². The van der Waals surface area contributed by atoms with Crippen LogP contribution < -0.4 is 0 Å². The minimum Gasteiger partial charge on any atom is -0.508 e. The van der Waals surface area contributed by atoms with Crippen molar-refractivity contribution < 1.29 is 14.9 Å². The minimum absolute atomic E-state index is 0.0371. The fraction of sp³-hybridized carbons (Fsp3) is 0.571. The van der Waals surface area contributed by atoms with Gasteiger partial charge in [0.2, 0.25) is 0 Å². The van der Waals surface area contributed by atoms with Crippen LogP contribution in [0.25, 0.3) is 0 Å². The molecule has 2 aliphatic heterocycles. The van der Waals surface area contributed by atoms with Crippen molar-refractivity contribution in [1.29, 1.82) is 0 Å². The number of rotatable bonds is 10. The second-order valence-electron chi connectivity index (χ2n) is 13.3. The summed E-state index contributed by atoms with van der Waals surface area (Å²) in [6, 6.07) is 16.2. The Bertz CT molecular complexity index is 1340. The highest BCUT2D eigenvalue weighted by atomic mass is 16.5. The third kappa shape index (κ3) is 5.89. The Morgan fingerprint density at radius 1 is 1.02 bits per heavy atom. The summed E-state index contributed by atoms with van der Waals surface area (Å²) in [4.78, 5) is 5.09. The summed E-state index contributed by atoms with van der Waals surface area (Å²) < 4.78 is 8.38. The number of ether oxygens (including phenoxy) is 1. The van der Waals surface area contributed by atoms with Crippen LogP contribution in [0.5, 0.6) is 5.75 Å². The number of hydrogen-bond acceptors (Lipinski definition) is 6. The predicted molar refractivity (Wildman–Crippen MR) is 166 cm³/mol.